The van der Waals surface area contributed by atoms with Gasteiger partial charge < -0.3 is 5.32 Å². The van der Waals surface area contributed by atoms with Crippen LogP contribution in [0.4, 0.5) is 4.39 Å². The highest BCUT2D eigenvalue weighted by molar-refractivity contribution is 5.81. The second-order valence-electron chi connectivity index (χ2n) is 5.66. The molecule has 1 saturated carbocycles. The van der Waals surface area contributed by atoms with E-state index in [4.69, 9.17) is 0 Å². The Hall–Kier alpha value is -1.42. The van der Waals surface area contributed by atoms with Crippen molar-refractivity contribution in [3.63, 3.8) is 0 Å². The SMILES string of the molecule is CC(NC(C)c1cccc(F)c1)C(=O)NC1CCCC1. The Morgan fingerprint density at radius 3 is 2.65 bits per heavy atom. The first-order valence-electron chi connectivity index (χ1n) is 7.38. The van der Waals surface area contributed by atoms with Crippen LogP contribution >= 0.6 is 0 Å². The second-order valence-corrected chi connectivity index (χ2v) is 5.66. The van der Waals surface area contributed by atoms with E-state index < -0.39 is 0 Å². The number of hydrogen-bond donors (Lipinski definition) is 2. The molecule has 0 aromatic heterocycles. The first-order valence-corrected chi connectivity index (χ1v) is 7.38. The topological polar surface area (TPSA) is 41.1 Å². The average Bonchev–Trinajstić information content (AvgIpc) is 2.91. The molecule has 0 radical (unpaired) electrons. The Morgan fingerprint density at radius 2 is 2.00 bits per heavy atom. The maximum absolute atomic E-state index is 13.2. The summed E-state index contributed by atoms with van der Waals surface area (Å²) < 4.78 is 13.2. The molecule has 1 aromatic carbocycles. The smallest absolute Gasteiger partial charge is 0.237 e. The Kier molecular flexibility index (Phi) is 5.12. The van der Waals surface area contributed by atoms with Gasteiger partial charge in [-0.25, -0.2) is 4.39 Å². The number of rotatable bonds is 5. The highest BCUT2D eigenvalue weighted by Crippen LogP contribution is 2.18. The number of halogens is 1. The predicted octanol–water partition coefficient (Wildman–Crippen LogP) is 2.92. The standard InChI is InChI=1S/C16H23FN2O/c1-11(13-6-5-7-14(17)10-13)18-12(2)16(20)19-15-8-3-4-9-15/h5-7,10-12,15,18H,3-4,8-9H2,1-2H3,(H,19,20). The minimum Gasteiger partial charge on any atom is -0.352 e. The summed E-state index contributed by atoms with van der Waals surface area (Å²) in [5.74, 6) is -0.223. The Bertz CT molecular complexity index is 458. The van der Waals surface area contributed by atoms with Crippen LogP contribution in [0.25, 0.3) is 0 Å². The quantitative estimate of drug-likeness (QED) is 0.869. The van der Waals surface area contributed by atoms with Crippen LogP contribution in [0.1, 0.15) is 51.1 Å². The summed E-state index contributed by atoms with van der Waals surface area (Å²) in [6, 6.07) is 6.46. The molecule has 3 nitrogen and oxygen atoms in total. The van der Waals surface area contributed by atoms with Crippen molar-refractivity contribution in [1.29, 1.82) is 0 Å². The molecule has 0 bridgehead atoms. The molecule has 0 heterocycles. The van der Waals surface area contributed by atoms with Gasteiger partial charge in [0.25, 0.3) is 0 Å². The Balaban J connectivity index is 1.86. The number of hydrogen-bond acceptors (Lipinski definition) is 2. The molecule has 0 aliphatic heterocycles. The maximum atomic E-state index is 13.2. The van der Waals surface area contributed by atoms with E-state index in [0.29, 0.717) is 6.04 Å². The zero-order chi connectivity index (χ0) is 14.5. The van der Waals surface area contributed by atoms with E-state index in [2.05, 4.69) is 10.6 Å². The maximum Gasteiger partial charge on any atom is 0.237 e. The summed E-state index contributed by atoms with van der Waals surface area (Å²) in [7, 11) is 0. The molecule has 2 rings (SSSR count). The molecule has 0 saturated heterocycles. The molecular formula is C16H23FN2O. The van der Waals surface area contributed by atoms with E-state index >= 15 is 0 Å². The van der Waals surface area contributed by atoms with Crippen molar-refractivity contribution in [3.8, 4) is 0 Å². The summed E-state index contributed by atoms with van der Waals surface area (Å²) in [6.07, 6.45) is 4.56. The first kappa shape index (κ1) is 15.0. The lowest BCUT2D eigenvalue weighted by molar-refractivity contribution is -0.123. The van der Waals surface area contributed by atoms with Crippen molar-refractivity contribution < 1.29 is 9.18 Å². The number of carbonyl (C=O) groups excluding carboxylic acids is 1. The zero-order valence-corrected chi connectivity index (χ0v) is 12.2. The largest absolute Gasteiger partial charge is 0.352 e. The van der Waals surface area contributed by atoms with Gasteiger partial charge in [0.2, 0.25) is 5.91 Å². The molecule has 20 heavy (non-hydrogen) atoms. The molecule has 1 aliphatic carbocycles. The normalized spacial score (nSPS) is 18.8. The molecule has 1 aliphatic rings. The zero-order valence-electron chi connectivity index (χ0n) is 12.2. The van der Waals surface area contributed by atoms with Crippen LogP contribution in [0.2, 0.25) is 0 Å². The lowest BCUT2D eigenvalue weighted by Crippen LogP contribution is -2.46. The van der Waals surface area contributed by atoms with Crippen molar-refractivity contribution in [3.05, 3.63) is 35.6 Å². The van der Waals surface area contributed by atoms with Gasteiger partial charge >= 0.3 is 0 Å². The van der Waals surface area contributed by atoms with Gasteiger partial charge in [0, 0.05) is 12.1 Å². The van der Waals surface area contributed by atoms with Gasteiger partial charge in [0.15, 0.2) is 0 Å². The van der Waals surface area contributed by atoms with Crippen molar-refractivity contribution in [2.75, 3.05) is 0 Å². The fourth-order valence-electron chi connectivity index (χ4n) is 2.72. The molecule has 2 unspecified atom stereocenters. The van der Waals surface area contributed by atoms with E-state index in [1.54, 1.807) is 6.07 Å². The first-order chi connectivity index (χ1) is 9.56. The average molecular weight is 278 g/mol. The molecule has 2 atom stereocenters. The third-order valence-electron chi connectivity index (χ3n) is 3.94. The lowest BCUT2D eigenvalue weighted by atomic mass is 10.1. The molecule has 1 amide bonds. The summed E-state index contributed by atoms with van der Waals surface area (Å²) in [4.78, 5) is 12.1. The van der Waals surface area contributed by atoms with Gasteiger partial charge in [-0.05, 0) is 44.4 Å². The fraction of sp³-hybridized carbons (Fsp3) is 0.562. The van der Waals surface area contributed by atoms with Gasteiger partial charge in [-0.1, -0.05) is 25.0 Å². The minimum atomic E-state index is -0.283. The highest BCUT2D eigenvalue weighted by atomic mass is 19.1. The number of benzene rings is 1. The summed E-state index contributed by atoms with van der Waals surface area (Å²) in [6.45, 7) is 3.79. The van der Waals surface area contributed by atoms with Crippen LogP contribution < -0.4 is 10.6 Å². The highest BCUT2D eigenvalue weighted by Gasteiger charge is 2.21. The number of carbonyl (C=O) groups is 1. The van der Waals surface area contributed by atoms with Crippen LogP contribution in [0.3, 0.4) is 0 Å². The Morgan fingerprint density at radius 1 is 1.30 bits per heavy atom. The van der Waals surface area contributed by atoms with Gasteiger partial charge in [0.05, 0.1) is 6.04 Å². The summed E-state index contributed by atoms with van der Waals surface area (Å²) >= 11 is 0. The fourth-order valence-corrected chi connectivity index (χ4v) is 2.72. The van der Waals surface area contributed by atoms with E-state index in [1.807, 2.05) is 19.9 Å². The van der Waals surface area contributed by atoms with Gasteiger partial charge in [-0.2, -0.15) is 0 Å². The molecular weight excluding hydrogens is 255 g/mol. The number of nitrogens with one attached hydrogen (secondary N) is 2. The molecule has 2 N–H and O–H groups in total. The van der Waals surface area contributed by atoms with E-state index in [0.717, 1.165) is 18.4 Å². The van der Waals surface area contributed by atoms with Crippen LogP contribution in [0, 0.1) is 5.82 Å². The Labute approximate surface area is 120 Å². The third-order valence-corrected chi connectivity index (χ3v) is 3.94. The molecule has 110 valence electrons. The van der Waals surface area contributed by atoms with Gasteiger partial charge in [-0.3, -0.25) is 10.1 Å². The van der Waals surface area contributed by atoms with Crippen LogP contribution in [0.15, 0.2) is 24.3 Å². The lowest BCUT2D eigenvalue weighted by Gasteiger charge is -2.22. The van der Waals surface area contributed by atoms with Gasteiger partial charge in [0.1, 0.15) is 5.82 Å². The van der Waals surface area contributed by atoms with Crippen molar-refractivity contribution in [2.45, 2.75) is 57.7 Å². The summed E-state index contributed by atoms with van der Waals surface area (Å²) in [5.41, 5.74) is 0.852. The third kappa shape index (κ3) is 4.04. The van der Waals surface area contributed by atoms with Crippen molar-refractivity contribution in [2.24, 2.45) is 0 Å². The van der Waals surface area contributed by atoms with Crippen molar-refractivity contribution in [1.82, 2.24) is 10.6 Å². The van der Waals surface area contributed by atoms with E-state index in [1.165, 1.54) is 25.0 Å². The molecule has 0 spiro atoms. The van der Waals surface area contributed by atoms with E-state index in [9.17, 15) is 9.18 Å². The summed E-state index contributed by atoms with van der Waals surface area (Å²) in [5, 5.41) is 6.29. The number of amides is 1. The molecule has 1 aromatic rings. The van der Waals surface area contributed by atoms with Gasteiger partial charge in [-0.15, -0.1) is 0 Å². The molecule has 1 fully saturated rings. The monoisotopic (exact) mass is 278 g/mol. The van der Waals surface area contributed by atoms with E-state index in [-0.39, 0.29) is 23.8 Å². The minimum absolute atomic E-state index is 0.0279. The van der Waals surface area contributed by atoms with Crippen molar-refractivity contribution >= 4 is 5.91 Å². The molecule has 4 heteroatoms. The van der Waals surface area contributed by atoms with Crippen LogP contribution in [-0.4, -0.2) is 18.0 Å². The second kappa shape index (κ2) is 6.84. The van der Waals surface area contributed by atoms with Crippen LogP contribution in [-0.2, 0) is 4.79 Å². The predicted molar refractivity (Wildman–Crippen MR) is 77.8 cm³/mol. The van der Waals surface area contributed by atoms with Crippen LogP contribution in [0.5, 0.6) is 0 Å².